The first-order valence-electron chi connectivity index (χ1n) is 4.87. The summed E-state index contributed by atoms with van der Waals surface area (Å²) in [6.45, 7) is 3.44. The Morgan fingerprint density at radius 1 is 1.53 bits per heavy atom. The first-order chi connectivity index (χ1) is 7.93. The molecular formula is C11H11F3N2O. The summed E-state index contributed by atoms with van der Waals surface area (Å²) in [4.78, 5) is 14.9. The number of halogens is 3. The van der Waals surface area contributed by atoms with Gasteiger partial charge in [-0.05, 0) is 18.6 Å². The van der Waals surface area contributed by atoms with Crippen molar-refractivity contribution in [3.8, 4) is 0 Å². The van der Waals surface area contributed by atoms with Crippen LogP contribution < -0.4 is 5.32 Å². The molecule has 1 rings (SSSR count). The zero-order chi connectivity index (χ0) is 12.9. The maximum atomic E-state index is 12.4. The summed E-state index contributed by atoms with van der Waals surface area (Å²) in [5.74, 6) is -0.495. The van der Waals surface area contributed by atoms with Crippen LogP contribution in [0, 0.1) is 0 Å². The highest BCUT2D eigenvalue weighted by molar-refractivity contribution is 5.89. The van der Waals surface area contributed by atoms with E-state index in [0.717, 1.165) is 18.3 Å². The number of carbonyl (C=O) groups is 1. The zero-order valence-corrected chi connectivity index (χ0v) is 8.92. The number of pyridine rings is 1. The summed E-state index contributed by atoms with van der Waals surface area (Å²) in [5, 5.41) is 2.29. The van der Waals surface area contributed by atoms with Crippen LogP contribution in [0.5, 0.6) is 0 Å². The quantitative estimate of drug-likeness (QED) is 0.827. The lowest BCUT2D eigenvalue weighted by Gasteiger charge is -2.08. The third kappa shape index (κ3) is 4.26. The van der Waals surface area contributed by atoms with Crippen molar-refractivity contribution in [3.05, 3.63) is 36.5 Å². The number of amides is 1. The molecule has 0 bridgehead atoms. The van der Waals surface area contributed by atoms with Gasteiger partial charge in [0.2, 0.25) is 5.91 Å². The van der Waals surface area contributed by atoms with E-state index in [1.165, 1.54) is 0 Å². The smallest absolute Gasteiger partial charge is 0.311 e. The molecule has 0 saturated heterocycles. The second kappa shape index (κ2) is 5.47. The Balaban J connectivity index is 2.72. The first-order valence-corrected chi connectivity index (χ1v) is 4.87. The van der Waals surface area contributed by atoms with Gasteiger partial charge in [0.25, 0.3) is 0 Å². The van der Waals surface area contributed by atoms with Gasteiger partial charge >= 0.3 is 6.18 Å². The number of alkyl halides is 3. The average molecular weight is 244 g/mol. The standard InChI is InChI=1S/C11H11F3N2O/c1-2-3-4-10(17)16-9-7-8(5-6-15-9)11(12,13)14/h2,5-7H,1,3-4H2,(H,15,16,17). The van der Waals surface area contributed by atoms with Gasteiger partial charge in [0.1, 0.15) is 5.82 Å². The van der Waals surface area contributed by atoms with E-state index in [1.54, 1.807) is 6.08 Å². The predicted octanol–water partition coefficient (Wildman–Crippen LogP) is 3.01. The Morgan fingerprint density at radius 2 is 2.24 bits per heavy atom. The van der Waals surface area contributed by atoms with Crippen molar-refractivity contribution in [3.63, 3.8) is 0 Å². The Bertz CT molecular complexity index is 415. The van der Waals surface area contributed by atoms with E-state index >= 15 is 0 Å². The lowest BCUT2D eigenvalue weighted by Crippen LogP contribution is -2.13. The van der Waals surface area contributed by atoms with Crippen molar-refractivity contribution in [1.29, 1.82) is 0 Å². The molecule has 0 saturated carbocycles. The molecular weight excluding hydrogens is 233 g/mol. The van der Waals surface area contributed by atoms with Gasteiger partial charge in [-0.15, -0.1) is 6.58 Å². The fraction of sp³-hybridized carbons (Fsp3) is 0.273. The molecule has 1 N–H and O–H groups in total. The Labute approximate surface area is 96.4 Å². The SMILES string of the molecule is C=CCCC(=O)Nc1cc(C(F)(F)F)ccn1. The minimum Gasteiger partial charge on any atom is -0.311 e. The third-order valence-electron chi connectivity index (χ3n) is 1.93. The molecule has 1 aromatic heterocycles. The molecule has 0 unspecified atom stereocenters. The van der Waals surface area contributed by atoms with Crippen LogP contribution in [0.4, 0.5) is 19.0 Å². The van der Waals surface area contributed by atoms with Crippen molar-refractivity contribution < 1.29 is 18.0 Å². The molecule has 0 atom stereocenters. The largest absolute Gasteiger partial charge is 0.416 e. The van der Waals surface area contributed by atoms with Crippen molar-refractivity contribution in [2.24, 2.45) is 0 Å². The van der Waals surface area contributed by atoms with Gasteiger partial charge in [0.15, 0.2) is 0 Å². The van der Waals surface area contributed by atoms with E-state index in [1.807, 2.05) is 0 Å². The topological polar surface area (TPSA) is 42.0 Å². The minimum atomic E-state index is -4.44. The Kier molecular flexibility index (Phi) is 4.25. The van der Waals surface area contributed by atoms with Gasteiger partial charge in [-0.2, -0.15) is 13.2 Å². The molecule has 0 radical (unpaired) electrons. The van der Waals surface area contributed by atoms with E-state index in [-0.39, 0.29) is 12.2 Å². The number of allylic oxidation sites excluding steroid dienone is 1. The van der Waals surface area contributed by atoms with Gasteiger partial charge in [0, 0.05) is 12.6 Å². The van der Waals surface area contributed by atoms with E-state index in [9.17, 15) is 18.0 Å². The number of hydrogen-bond acceptors (Lipinski definition) is 2. The van der Waals surface area contributed by atoms with Crippen LogP contribution in [-0.4, -0.2) is 10.9 Å². The molecule has 0 aliphatic carbocycles. The van der Waals surface area contributed by atoms with E-state index in [0.29, 0.717) is 6.42 Å². The van der Waals surface area contributed by atoms with Gasteiger partial charge in [0.05, 0.1) is 5.56 Å². The van der Waals surface area contributed by atoms with E-state index < -0.39 is 17.6 Å². The highest BCUT2D eigenvalue weighted by atomic mass is 19.4. The molecule has 1 amide bonds. The van der Waals surface area contributed by atoms with Crippen molar-refractivity contribution in [1.82, 2.24) is 4.98 Å². The van der Waals surface area contributed by atoms with Crippen LogP contribution in [0.3, 0.4) is 0 Å². The fourth-order valence-electron chi connectivity index (χ4n) is 1.11. The molecule has 92 valence electrons. The minimum absolute atomic E-state index is 0.103. The highest BCUT2D eigenvalue weighted by Crippen LogP contribution is 2.29. The summed E-state index contributed by atoms with van der Waals surface area (Å²) in [6.07, 6.45) is -1.25. The Hall–Kier alpha value is -1.85. The molecule has 0 fully saturated rings. The highest BCUT2D eigenvalue weighted by Gasteiger charge is 2.30. The van der Waals surface area contributed by atoms with Crippen LogP contribution in [0.2, 0.25) is 0 Å². The molecule has 0 aliphatic rings. The molecule has 17 heavy (non-hydrogen) atoms. The van der Waals surface area contributed by atoms with Crippen molar-refractivity contribution in [2.45, 2.75) is 19.0 Å². The fourth-order valence-corrected chi connectivity index (χ4v) is 1.11. The first kappa shape index (κ1) is 13.2. The van der Waals surface area contributed by atoms with Gasteiger partial charge in [-0.3, -0.25) is 4.79 Å². The van der Waals surface area contributed by atoms with Gasteiger partial charge < -0.3 is 5.32 Å². The molecule has 1 aromatic rings. The number of anilines is 1. The maximum absolute atomic E-state index is 12.4. The monoisotopic (exact) mass is 244 g/mol. The maximum Gasteiger partial charge on any atom is 0.416 e. The van der Waals surface area contributed by atoms with Crippen LogP contribution in [0.25, 0.3) is 0 Å². The van der Waals surface area contributed by atoms with Crippen LogP contribution in [0.1, 0.15) is 18.4 Å². The second-order valence-corrected chi connectivity index (χ2v) is 3.30. The zero-order valence-electron chi connectivity index (χ0n) is 8.92. The summed E-state index contributed by atoms with van der Waals surface area (Å²) in [7, 11) is 0. The average Bonchev–Trinajstić information content (AvgIpc) is 2.25. The van der Waals surface area contributed by atoms with Crippen molar-refractivity contribution >= 4 is 11.7 Å². The van der Waals surface area contributed by atoms with Gasteiger partial charge in [-0.25, -0.2) is 4.98 Å². The number of rotatable bonds is 4. The summed E-state index contributed by atoms with van der Waals surface area (Å²) < 4.78 is 37.1. The van der Waals surface area contributed by atoms with E-state index in [2.05, 4.69) is 16.9 Å². The van der Waals surface area contributed by atoms with Crippen LogP contribution in [-0.2, 0) is 11.0 Å². The molecule has 3 nitrogen and oxygen atoms in total. The molecule has 1 heterocycles. The second-order valence-electron chi connectivity index (χ2n) is 3.30. The summed E-state index contributed by atoms with van der Waals surface area (Å²) in [6, 6.07) is 1.64. The van der Waals surface area contributed by atoms with Gasteiger partial charge in [-0.1, -0.05) is 6.08 Å². The lowest BCUT2D eigenvalue weighted by atomic mass is 10.2. The molecule has 0 aromatic carbocycles. The number of nitrogens with zero attached hydrogens (tertiary/aromatic N) is 1. The number of hydrogen-bond donors (Lipinski definition) is 1. The number of aromatic nitrogens is 1. The van der Waals surface area contributed by atoms with Crippen LogP contribution >= 0.6 is 0 Å². The van der Waals surface area contributed by atoms with E-state index in [4.69, 9.17) is 0 Å². The normalized spacial score (nSPS) is 11.0. The predicted molar refractivity (Wildman–Crippen MR) is 57.3 cm³/mol. The number of nitrogens with one attached hydrogen (secondary N) is 1. The molecule has 0 spiro atoms. The summed E-state index contributed by atoms with van der Waals surface area (Å²) >= 11 is 0. The third-order valence-corrected chi connectivity index (χ3v) is 1.93. The molecule has 6 heteroatoms. The molecule has 0 aliphatic heterocycles. The Morgan fingerprint density at radius 3 is 2.82 bits per heavy atom. The summed E-state index contributed by atoms with van der Waals surface area (Å²) in [5.41, 5.74) is -0.841. The number of carbonyl (C=O) groups excluding carboxylic acids is 1. The lowest BCUT2D eigenvalue weighted by molar-refractivity contribution is -0.137. The van der Waals surface area contributed by atoms with Crippen molar-refractivity contribution in [2.75, 3.05) is 5.32 Å². The van der Waals surface area contributed by atoms with Crippen LogP contribution in [0.15, 0.2) is 31.0 Å².